The van der Waals surface area contributed by atoms with E-state index in [2.05, 4.69) is 10.2 Å². The molecule has 0 fully saturated rings. The van der Waals surface area contributed by atoms with Crippen molar-refractivity contribution in [1.82, 2.24) is 10.2 Å². The highest BCUT2D eigenvalue weighted by atomic mass is 35.5. The summed E-state index contributed by atoms with van der Waals surface area (Å²) in [7, 11) is 4.42. The maximum absolute atomic E-state index is 12.3. The number of carbonyl (C=O) groups excluding carboxylic acids is 1. The van der Waals surface area contributed by atoms with E-state index >= 15 is 0 Å². The summed E-state index contributed by atoms with van der Waals surface area (Å²) in [6.07, 6.45) is 0. The Hall–Kier alpha value is -3.86. The van der Waals surface area contributed by atoms with E-state index in [1.54, 1.807) is 12.1 Å². The molecule has 162 valence electrons. The Labute approximate surface area is 180 Å². The van der Waals surface area contributed by atoms with Gasteiger partial charge in [0.15, 0.2) is 18.1 Å². The van der Waals surface area contributed by atoms with Gasteiger partial charge < -0.3 is 23.4 Å². The van der Waals surface area contributed by atoms with Crippen molar-refractivity contribution in [2.75, 3.05) is 21.3 Å². The molecule has 2 aromatic carbocycles. The minimum Gasteiger partial charge on any atom is -0.493 e. The number of non-ortho nitro benzene ring substituents is 1. The molecule has 12 heteroatoms. The van der Waals surface area contributed by atoms with E-state index in [-0.39, 0.29) is 34.7 Å². The average molecular weight is 450 g/mol. The third-order valence-corrected chi connectivity index (χ3v) is 4.42. The second-order valence-corrected chi connectivity index (χ2v) is 6.32. The number of hydrogen-bond donors (Lipinski definition) is 0. The number of carbonyl (C=O) groups is 1. The van der Waals surface area contributed by atoms with Gasteiger partial charge in [-0.05, 0) is 18.2 Å². The lowest BCUT2D eigenvalue weighted by Gasteiger charge is -2.12. The minimum atomic E-state index is -0.874. The quantitative estimate of drug-likeness (QED) is 0.284. The number of methoxy groups -OCH3 is 3. The normalized spacial score (nSPS) is 10.5. The van der Waals surface area contributed by atoms with Gasteiger partial charge in [0, 0.05) is 17.7 Å². The van der Waals surface area contributed by atoms with Crippen LogP contribution < -0.4 is 14.2 Å². The zero-order valence-corrected chi connectivity index (χ0v) is 17.3. The molecule has 0 aliphatic heterocycles. The van der Waals surface area contributed by atoms with E-state index in [9.17, 15) is 14.9 Å². The largest absolute Gasteiger partial charge is 0.493 e. The topological polar surface area (TPSA) is 136 Å². The predicted octanol–water partition coefficient (Wildman–Crippen LogP) is 3.68. The van der Waals surface area contributed by atoms with Gasteiger partial charge in [0.1, 0.15) is 0 Å². The van der Waals surface area contributed by atoms with E-state index in [1.807, 2.05) is 0 Å². The molecule has 0 aliphatic carbocycles. The van der Waals surface area contributed by atoms with Gasteiger partial charge in [-0.2, -0.15) is 0 Å². The summed E-state index contributed by atoms with van der Waals surface area (Å²) >= 11 is 5.93. The highest BCUT2D eigenvalue weighted by Crippen LogP contribution is 2.40. The van der Waals surface area contributed by atoms with Crippen LogP contribution in [0.1, 0.15) is 16.2 Å². The third-order valence-electron chi connectivity index (χ3n) is 4.09. The van der Waals surface area contributed by atoms with Crippen LogP contribution >= 0.6 is 11.6 Å². The molecule has 0 saturated carbocycles. The molecule has 0 aliphatic rings. The number of hydrogen-bond acceptors (Lipinski definition) is 10. The molecule has 0 atom stereocenters. The summed E-state index contributed by atoms with van der Waals surface area (Å²) in [4.78, 5) is 22.5. The van der Waals surface area contributed by atoms with Crippen molar-refractivity contribution in [3.8, 4) is 28.7 Å². The first-order valence-electron chi connectivity index (χ1n) is 8.61. The smallest absolute Gasteiger partial charge is 0.340 e. The Morgan fingerprint density at radius 1 is 1.10 bits per heavy atom. The van der Waals surface area contributed by atoms with Crippen LogP contribution in [0.15, 0.2) is 34.7 Å². The number of ether oxygens (including phenoxy) is 4. The molecule has 0 saturated heterocycles. The van der Waals surface area contributed by atoms with Crippen LogP contribution in [0.2, 0.25) is 5.02 Å². The van der Waals surface area contributed by atoms with Crippen molar-refractivity contribution >= 4 is 23.3 Å². The van der Waals surface area contributed by atoms with Gasteiger partial charge in [-0.1, -0.05) is 11.6 Å². The molecule has 1 aromatic heterocycles. The molecule has 0 N–H and O–H groups in total. The first kappa shape index (κ1) is 21.8. The van der Waals surface area contributed by atoms with Crippen LogP contribution in [0, 0.1) is 10.1 Å². The van der Waals surface area contributed by atoms with Gasteiger partial charge in [-0.3, -0.25) is 10.1 Å². The summed E-state index contributed by atoms with van der Waals surface area (Å²) < 4.78 is 26.5. The van der Waals surface area contributed by atoms with E-state index in [4.69, 9.17) is 35.0 Å². The highest BCUT2D eigenvalue weighted by molar-refractivity contribution is 6.33. The maximum Gasteiger partial charge on any atom is 0.340 e. The first-order chi connectivity index (χ1) is 14.9. The molecule has 0 amide bonds. The molecule has 3 rings (SSSR count). The number of nitro groups is 1. The van der Waals surface area contributed by atoms with Crippen molar-refractivity contribution in [3.05, 3.63) is 56.9 Å². The fourth-order valence-corrected chi connectivity index (χ4v) is 2.82. The van der Waals surface area contributed by atoms with Crippen LogP contribution in [-0.2, 0) is 11.3 Å². The lowest BCUT2D eigenvalue weighted by molar-refractivity contribution is -0.384. The minimum absolute atomic E-state index is 0.00125. The van der Waals surface area contributed by atoms with E-state index in [1.165, 1.54) is 33.5 Å². The first-order valence-corrected chi connectivity index (χ1v) is 8.99. The van der Waals surface area contributed by atoms with Crippen LogP contribution in [0.25, 0.3) is 11.5 Å². The van der Waals surface area contributed by atoms with Gasteiger partial charge >= 0.3 is 5.97 Å². The second-order valence-electron chi connectivity index (χ2n) is 5.91. The Morgan fingerprint density at radius 2 is 1.77 bits per heavy atom. The van der Waals surface area contributed by atoms with Crippen molar-refractivity contribution in [2.24, 2.45) is 0 Å². The third kappa shape index (κ3) is 4.67. The van der Waals surface area contributed by atoms with E-state index in [0.29, 0.717) is 22.8 Å². The number of nitro benzene ring substituents is 1. The Kier molecular flexibility index (Phi) is 6.55. The monoisotopic (exact) mass is 449 g/mol. The van der Waals surface area contributed by atoms with E-state index < -0.39 is 10.9 Å². The summed E-state index contributed by atoms with van der Waals surface area (Å²) in [5.41, 5.74) is 0.0420. The summed E-state index contributed by atoms with van der Waals surface area (Å²) in [5, 5.41) is 18.7. The van der Waals surface area contributed by atoms with Crippen molar-refractivity contribution in [2.45, 2.75) is 6.61 Å². The van der Waals surface area contributed by atoms with E-state index in [0.717, 1.165) is 6.07 Å². The molecular formula is C19H16ClN3O8. The van der Waals surface area contributed by atoms with Crippen LogP contribution in [0.5, 0.6) is 17.2 Å². The summed E-state index contributed by atoms with van der Waals surface area (Å²) in [6, 6.07) is 6.69. The highest BCUT2D eigenvalue weighted by Gasteiger charge is 2.20. The standard InChI is InChI=1S/C19H16ClN3O8/c1-27-14-6-10(7-15(28-2)17(14)29-3)18-22-21-16(31-18)9-30-19(24)12-8-11(23(25)26)4-5-13(12)20/h4-8H,9H2,1-3H3. The predicted molar refractivity (Wildman–Crippen MR) is 107 cm³/mol. The van der Waals surface area contributed by atoms with Crippen LogP contribution in [0.3, 0.4) is 0 Å². The fourth-order valence-electron chi connectivity index (χ4n) is 2.62. The zero-order chi connectivity index (χ0) is 22.5. The number of nitrogens with zero attached hydrogens (tertiary/aromatic N) is 3. The molecule has 0 unspecified atom stereocenters. The molecule has 31 heavy (non-hydrogen) atoms. The SMILES string of the molecule is COc1cc(-c2nnc(COC(=O)c3cc([N+](=O)[O-])ccc3Cl)o2)cc(OC)c1OC. The molecule has 3 aromatic rings. The molecule has 0 radical (unpaired) electrons. The number of rotatable bonds is 8. The van der Waals surface area contributed by atoms with Crippen molar-refractivity contribution < 1.29 is 33.1 Å². The summed E-state index contributed by atoms with van der Waals surface area (Å²) in [6.45, 7) is -0.366. The lowest BCUT2D eigenvalue weighted by atomic mass is 10.2. The molecule has 0 bridgehead atoms. The average Bonchev–Trinajstić information content (AvgIpc) is 3.25. The van der Waals surface area contributed by atoms with Gasteiger partial charge in [-0.25, -0.2) is 4.79 Å². The summed E-state index contributed by atoms with van der Waals surface area (Å²) in [5.74, 6) is 0.432. The number of aromatic nitrogens is 2. The van der Waals surface area contributed by atoms with Gasteiger partial charge in [0.25, 0.3) is 11.6 Å². The van der Waals surface area contributed by atoms with Crippen LogP contribution in [0.4, 0.5) is 5.69 Å². The lowest BCUT2D eigenvalue weighted by Crippen LogP contribution is -2.07. The van der Waals surface area contributed by atoms with Crippen molar-refractivity contribution in [1.29, 1.82) is 0 Å². The number of esters is 1. The van der Waals surface area contributed by atoms with Crippen LogP contribution in [-0.4, -0.2) is 42.4 Å². The maximum atomic E-state index is 12.3. The molecular weight excluding hydrogens is 434 g/mol. The molecule has 1 heterocycles. The molecule has 11 nitrogen and oxygen atoms in total. The Bertz CT molecular complexity index is 1110. The second kappa shape index (κ2) is 9.30. The Morgan fingerprint density at radius 3 is 2.35 bits per heavy atom. The van der Waals surface area contributed by atoms with Gasteiger partial charge in [0.2, 0.25) is 11.6 Å². The van der Waals surface area contributed by atoms with Crippen molar-refractivity contribution in [3.63, 3.8) is 0 Å². The van der Waals surface area contributed by atoms with Gasteiger partial charge in [0.05, 0.1) is 36.8 Å². The fraction of sp³-hybridized carbons (Fsp3) is 0.211. The zero-order valence-electron chi connectivity index (χ0n) is 16.6. The number of halogens is 1. The molecule has 0 spiro atoms. The number of benzene rings is 2. The Balaban J connectivity index is 1.77. The van der Waals surface area contributed by atoms with Gasteiger partial charge in [-0.15, -0.1) is 10.2 Å².